The number of carbonyl (C=O) groups is 2. The van der Waals surface area contributed by atoms with Crippen molar-refractivity contribution in [3.8, 4) is 11.1 Å². The number of sulfonamides is 1. The van der Waals surface area contributed by atoms with Gasteiger partial charge in [0, 0.05) is 30.5 Å². The fourth-order valence-electron chi connectivity index (χ4n) is 4.27. The third-order valence-corrected chi connectivity index (χ3v) is 8.02. The van der Waals surface area contributed by atoms with Crippen molar-refractivity contribution in [2.75, 3.05) is 18.4 Å². The highest BCUT2D eigenvalue weighted by Crippen LogP contribution is 2.30. The molecule has 4 N–H and O–H groups in total. The Labute approximate surface area is 252 Å². The number of benzene rings is 3. The molecular weight excluding hydrogens is 597 g/mol. The van der Waals surface area contributed by atoms with Crippen LogP contribution in [0.3, 0.4) is 0 Å². The van der Waals surface area contributed by atoms with Crippen molar-refractivity contribution in [2.24, 2.45) is 0 Å². The number of anilines is 1. The van der Waals surface area contributed by atoms with Crippen LogP contribution in [-0.2, 0) is 38.6 Å². The Balaban J connectivity index is 1.34. The van der Waals surface area contributed by atoms with Gasteiger partial charge in [0.2, 0.25) is 15.9 Å². The molecule has 1 aromatic heterocycles. The molecule has 13 heteroatoms. The predicted octanol–water partition coefficient (Wildman–Crippen LogP) is 4.51. The highest BCUT2D eigenvalue weighted by Gasteiger charge is 2.31. The third kappa shape index (κ3) is 9.20. The zero-order chi connectivity index (χ0) is 31.7. The molecule has 0 aliphatic heterocycles. The van der Waals surface area contributed by atoms with E-state index in [0.717, 1.165) is 29.0 Å². The number of hydrogen-bond donors (Lipinski definition) is 4. The number of rotatable bonds is 13. The van der Waals surface area contributed by atoms with E-state index in [4.69, 9.17) is 0 Å². The summed E-state index contributed by atoms with van der Waals surface area (Å²) in [6.45, 7) is 0.717. The van der Waals surface area contributed by atoms with Gasteiger partial charge in [-0.05, 0) is 71.6 Å². The summed E-state index contributed by atoms with van der Waals surface area (Å²) in [5.41, 5.74) is 2.57. The van der Waals surface area contributed by atoms with E-state index < -0.39 is 38.7 Å². The maximum Gasteiger partial charge on any atom is 0.416 e. The maximum absolute atomic E-state index is 12.8. The fraction of sp³-hybridized carbons (Fsp3) is 0.194. The Morgan fingerprint density at radius 3 is 2.25 bits per heavy atom. The van der Waals surface area contributed by atoms with Crippen LogP contribution in [0.2, 0.25) is 0 Å². The molecule has 0 saturated carbocycles. The second-order valence-corrected chi connectivity index (χ2v) is 11.5. The maximum atomic E-state index is 12.8. The third-order valence-electron chi connectivity index (χ3n) is 6.53. The van der Waals surface area contributed by atoms with Gasteiger partial charge in [0.1, 0.15) is 6.04 Å². The van der Waals surface area contributed by atoms with Crippen molar-refractivity contribution in [3.63, 3.8) is 0 Å². The molecule has 0 aliphatic carbocycles. The number of hydrogen-bond acceptors (Lipinski definition) is 6. The Hall–Kier alpha value is -4.59. The van der Waals surface area contributed by atoms with Crippen molar-refractivity contribution in [2.45, 2.75) is 30.0 Å². The number of carboxylic acids is 1. The Kier molecular flexibility index (Phi) is 10.5. The number of nitrogens with zero attached hydrogens (tertiary/aromatic N) is 1. The summed E-state index contributed by atoms with van der Waals surface area (Å²) in [5.74, 6) is -1.66. The first-order chi connectivity index (χ1) is 20.9. The summed E-state index contributed by atoms with van der Waals surface area (Å²) in [6, 6.07) is 20.8. The monoisotopic (exact) mass is 626 g/mol. The number of carboxylic acid groups (broad SMARTS) is 1. The standard InChI is InChI=1S/C31H29F3N4O5S/c32-31(33,34)24-11-13-27(14-12-24)44(42,43)38-28(30(40)41)18-21-7-9-22(10-8-21)23-4-3-6-26(19-23)37-29(39)20-35-17-15-25-5-1-2-16-36-25/h1-14,16,19,28,35,38H,15,17-18,20H2,(H,37,39)(H,40,41)/t28-/m1/s1. The number of halogens is 3. The average Bonchev–Trinajstić information content (AvgIpc) is 2.99. The zero-order valence-corrected chi connectivity index (χ0v) is 24.0. The molecule has 0 spiro atoms. The normalized spacial score (nSPS) is 12.4. The van der Waals surface area contributed by atoms with Gasteiger partial charge in [0.15, 0.2) is 0 Å². The number of carbonyl (C=O) groups excluding carboxylic acids is 1. The van der Waals surface area contributed by atoms with Crippen LogP contribution in [0.1, 0.15) is 16.8 Å². The fourth-order valence-corrected chi connectivity index (χ4v) is 5.46. The number of aliphatic carboxylic acids is 1. The lowest BCUT2D eigenvalue weighted by atomic mass is 10.0. The smallest absolute Gasteiger partial charge is 0.416 e. The summed E-state index contributed by atoms with van der Waals surface area (Å²) in [7, 11) is -4.41. The minimum atomic E-state index is -4.64. The molecule has 0 unspecified atom stereocenters. The van der Waals surface area contributed by atoms with E-state index in [1.54, 1.807) is 48.7 Å². The topological polar surface area (TPSA) is 137 Å². The summed E-state index contributed by atoms with van der Waals surface area (Å²) < 4.78 is 65.9. The number of aromatic nitrogens is 1. The van der Waals surface area contributed by atoms with Crippen LogP contribution in [0, 0.1) is 0 Å². The molecule has 0 bridgehead atoms. The minimum Gasteiger partial charge on any atom is -0.480 e. The van der Waals surface area contributed by atoms with E-state index in [1.165, 1.54) is 0 Å². The number of nitrogens with one attached hydrogen (secondary N) is 3. The van der Waals surface area contributed by atoms with E-state index in [1.807, 2.05) is 24.3 Å². The Bertz CT molecular complexity index is 1680. The average molecular weight is 627 g/mol. The van der Waals surface area contributed by atoms with E-state index in [0.29, 0.717) is 36.3 Å². The van der Waals surface area contributed by atoms with Gasteiger partial charge < -0.3 is 15.7 Å². The van der Waals surface area contributed by atoms with Gasteiger partial charge in [-0.25, -0.2) is 8.42 Å². The van der Waals surface area contributed by atoms with Crippen molar-refractivity contribution < 1.29 is 36.3 Å². The highest BCUT2D eigenvalue weighted by atomic mass is 32.2. The van der Waals surface area contributed by atoms with E-state index in [-0.39, 0.29) is 18.9 Å². The molecule has 230 valence electrons. The lowest BCUT2D eigenvalue weighted by molar-refractivity contribution is -0.139. The first-order valence-corrected chi connectivity index (χ1v) is 14.9. The van der Waals surface area contributed by atoms with Crippen LogP contribution in [0.15, 0.2) is 102 Å². The molecule has 1 atom stereocenters. The van der Waals surface area contributed by atoms with Gasteiger partial charge in [-0.3, -0.25) is 14.6 Å². The predicted molar refractivity (Wildman–Crippen MR) is 158 cm³/mol. The first-order valence-electron chi connectivity index (χ1n) is 13.4. The quantitative estimate of drug-likeness (QED) is 0.160. The van der Waals surface area contributed by atoms with Gasteiger partial charge in [-0.15, -0.1) is 0 Å². The van der Waals surface area contributed by atoms with Gasteiger partial charge in [-0.2, -0.15) is 17.9 Å². The van der Waals surface area contributed by atoms with Crippen molar-refractivity contribution in [1.82, 2.24) is 15.0 Å². The largest absolute Gasteiger partial charge is 0.480 e. The molecule has 44 heavy (non-hydrogen) atoms. The lowest BCUT2D eigenvalue weighted by Crippen LogP contribution is -2.42. The Morgan fingerprint density at radius 1 is 0.886 bits per heavy atom. The molecule has 4 aromatic rings. The molecule has 0 fully saturated rings. The molecule has 0 saturated heterocycles. The van der Waals surface area contributed by atoms with Crippen LogP contribution in [0.5, 0.6) is 0 Å². The van der Waals surface area contributed by atoms with Crippen molar-refractivity contribution in [3.05, 3.63) is 114 Å². The molecule has 9 nitrogen and oxygen atoms in total. The van der Waals surface area contributed by atoms with Crippen molar-refractivity contribution in [1.29, 1.82) is 0 Å². The van der Waals surface area contributed by atoms with Gasteiger partial charge in [0.25, 0.3) is 0 Å². The summed E-state index contributed by atoms with van der Waals surface area (Å²) in [4.78, 5) is 28.0. The van der Waals surface area contributed by atoms with Gasteiger partial charge >= 0.3 is 12.1 Å². The van der Waals surface area contributed by atoms with Gasteiger partial charge in [-0.1, -0.05) is 42.5 Å². The van der Waals surface area contributed by atoms with Crippen LogP contribution in [0.25, 0.3) is 11.1 Å². The van der Waals surface area contributed by atoms with Crippen LogP contribution in [0.4, 0.5) is 18.9 Å². The molecule has 4 rings (SSSR count). The molecule has 0 radical (unpaired) electrons. The summed E-state index contributed by atoms with van der Waals surface area (Å²) in [6.07, 6.45) is -2.44. The van der Waals surface area contributed by atoms with E-state index in [2.05, 4.69) is 20.3 Å². The molecular formula is C31H29F3N4O5S. The number of amides is 1. The summed E-state index contributed by atoms with van der Waals surface area (Å²) in [5, 5.41) is 15.6. The Morgan fingerprint density at radius 2 is 1.61 bits per heavy atom. The lowest BCUT2D eigenvalue weighted by Gasteiger charge is -2.16. The highest BCUT2D eigenvalue weighted by molar-refractivity contribution is 7.89. The molecule has 1 amide bonds. The second kappa shape index (κ2) is 14.3. The van der Waals surface area contributed by atoms with Crippen LogP contribution in [-0.4, -0.2) is 49.5 Å². The van der Waals surface area contributed by atoms with E-state index >= 15 is 0 Å². The van der Waals surface area contributed by atoms with Crippen LogP contribution >= 0.6 is 0 Å². The number of alkyl halides is 3. The van der Waals surface area contributed by atoms with Crippen LogP contribution < -0.4 is 15.4 Å². The first kappa shape index (κ1) is 32.3. The van der Waals surface area contributed by atoms with Crippen molar-refractivity contribution >= 4 is 27.6 Å². The minimum absolute atomic E-state index is 0.124. The molecule has 3 aromatic carbocycles. The summed E-state index contributed by atoms with van der Waals surface area (Å²) >= 11 is 0. The zero-order valence-electron chi connectivity index (χ0n) is 23.2. The number of pyridine rings is 1. The second-order valence-electron chi connectivity index (χ2n) is 9.81. The SMILES string of the molecule is O=C(CNCCc1ccccn1)Nc1cccc(-c2ccc(C[C@@H](NS(=O)(=O)c3ccc(C(F)(F)F)cc3)C(=O)O)cc2)c1. The molecule has 0 aliphatic rings. The van der Waals surface area contributed by atoms with Gasteiger partial charge in [0.05, 0.1) is 17.0 Å². The molecule has 1 heterocycles. The van der Waals surface area contributed by atoms with E-state index in [9.17, 15) is 36.3 Å².